The van der Waals surface area contributed by atoms with E-state index in [0.29, 0.717) is 13.2 Å². The summed E-state index contributed by atoms with van der Waals surface area (Å²) in [6.45, 7) is 7.24. The molecule has 0 aromatic heterocycles. The fourth-order valence-electron chi connectivity index (χ4n) is 2.55. The minimum Gasteiger partial charge on any atom is -0.491 e. The second kappa shape index (κ2) is 8.37. The van der Waals surface area contributed by atoms with Crippen molar-refractivity contribution in [2.75, 3.05) is 13.2 Å². The first-order chi connectivity index (χ1) is 12.1. The summed E-state index contributed by atoms with van der Waals surface area (Å²) in [4.78, 5) is 0. The third kappa shape index (κ3) is 4.97. The molecule has 0 saturated carbocycles. The van der Waals surface area contributed by atoms with Crippen molar-refractivity contribution in [3.8, 4) is 11.5 Å². The Bertz CT molecular complexity index is 651. The highest BCUT2D eigenvalue weighted by atomic mass is 16.7. The van der Waals surface area contributed by atoms with Crippen LogP contribution in [0.2, 0.25) is 0 Å². The summed E-state index contributed by atoms with van der Waals surface area (Å²) < 4.78 is 23.2. The molecule has 0 radical (unpaired) electrons. The van der Waals surface area contributed by atoms with Crippen molar-refractivity contribution in [2.24, 2.45) is 0 Å². The second-order valence-corrected chi connectivity index (χ2v) is 6.45. The zero-order chi connectivity index (χ0) is 17.6. The highest BCUT2D eigenvalue weighted by molar-refractivity contribution is 5.31. The Kier molecular flexibility index (Phi) is 5.95. The molecule has 1 saturated heterocycles. The molecule has 0 N–H and O–H groups in total. The highest BCUT2D eigenvalue weighted by Gasteiger charge is 2.27. The van der Waals surface area contributed by atoms with Crippen LogP contribution in [0.4, 0.5) is 0 Å². The molecule has 2 aromatic rings. The monoisotopic (exact) mass is 342 g/mol. The van der Waals surface area contributed by atoms with Crippen LogP contribution in [0.5, 0.6) is 11.5 Å². The quantitative estimate of drug-likeness (QED) is 0.733. The zero-order valence-corrected chi connectivity index (χ0v) is 15.1. The smallest absolute Gasteiger partial charge is 0.184 e. The van der Waals surface area contributed by atoms with Crippen molar-refractivity contribution in [1.82, 2.24) is 0 Å². The van der Waals surface area contributed by atoms with Gasteiger partial charge in [-0.15, -0.1) is 0 Å². The fourth-order valence-corrected chi connectivity index (χ4v) is 2.55. The van der Waals surface area contributed by atoms with E-state index in [1.165, 1.54) is 5.56 Å². The Hall–Kier alpha value is -2.04. The van der Waals surface area contributed by atoms with E-state index in [1.54, 1.807) is 0 Å². The van der Waals surface area contributed by atoms with Crippen molar-refractivity contribution in [2.45, 2.75) is 45.7 Å². The fraction of sp³-hybridized carbons (Fsp3) is 0.429. The van der Waals surface area contributed by atoms with Gasteiger partial charge in [0.05, 0.1) is 12.7 Å². The first kappa shape index (κ1) is 17.8. The van der Waals surface area contributed by atoms with Crippen LogP contribution in [0.3, 0.4) is 0 Å². The SMILES string of the molecule is CCC(C)Oc1ccc(OCC2COC(c3ccc(C)cc3)O2)cc1. The Labute approximate surface area is 149 Å². The van der Waals surface area contributed by atoms with Gasteiger partial charge in [0.15, 0.2) is 6.29 Å². The first-order valence-corrected chi connectivity index (χ1v) is 8.87. The van der Waals surface area contributed by atoms with Crippen LogP contribution in [0, 0.1) is 6.92 Å². The van der Waals surface area contributed by atoms with Crippen LogP contribution in [0.15, 0.2) is 48.5 Å². The number of benzene rings is 2. The average Bonchev–Trinajstić information content (AvgIpc) is 3.10. The van der Waals surface area contributed by atoms with Gasteiger partial charge in [0.25, 0.3) is 0 Å². The number of aryl methyl sites for hydroxylation is 1. The van der Waals surface area contributed by atoms with Crippen LogP contribution < -0.4 is 9.47 Å². The third-order valence-corrected chi connectivity index (χ3v) is 4.27. The Morgan fingerprint density at radius 1 is 1.04 bits per heavy atom. The van der Waals surface area contributed by atoms with Crippen LogP contribution in [-0.2, 0) is 9.47 Å². The van der Waals surface area contributed by atoms with Gasteiger partial charge in [-0.2, -0.15) is 0 Å². The summed E-state index contributed by atoms with van der Waals surface area (Å²) >= 11 is 0. The normalized spacial score (nSPS) is 21.1. The van der Waals surface area contributed by atoms with Gasteiger partial charge in [-0.1, -0.05) is 36.8 Å². The van der Waals surface area contributed by atoms with E-state index >= 15 is 0 Å². The maximum Gasteiger partial charge on any atom is 0.184 e. The number of rotatable bonds is 7. The number of ether oxygens (including phenoxy) is 4. The average molecular weight is 342 g/mol. The topological polar surface area (TPSA) is 36.9 Å². The second-order valence-electron chi connectivity index (χ2n) is 6.45. The largest absolute Gasteiger partial charge is 0.491 e. The Morgan fingerprint density at radius 2 is 1.72 bits per heavy atom. The van der Waals surface area contributed by atoms with Crippen molar-refractivity contribution >= 4 is 0 Å². The van der Waals surface area contributed by atoms with Gasteiger partial charge in [0.2, 0.25) is 0 Å². The molecule has 3 rings (SSSR count). The molecule has 134 valence electrons. The van der Waals surface area contributed by atoms with Gasteiger partial charge in [0, 0.05) is 5.56 Å². The van der Waals surface area contributed by atoms with Gasteiger partial charge < -0.3 is 18.9 Å². The number of hydrogen-bond acceptors (Lipinski definition) is 4. The van der Waals surface area contributed by atoms with E-state index < -0.39 is 0 Å². The first-order valence-electron chi connectivity index (χ1n) is 8.87. The molecule has 4 nitrogen and oxygen atoms in total. The molecule has 1 aliphatic heterocycles. The molecule has 3 unspecified atom stereocenters. The molecule has 0 amide bonds. The standard InChI is InChI=1S/C21H26O4/c1-4-16(3)24-19-11-9-18(10-12-19)22-13-20-14-23-21(25-20)17-7-5-15(2)6-8-17/h5-12,16,20-21H,4,13-14H2,1-3H3. The lowest BCUT2D eigenvalue weighted by Gasteiger charge is -2.14. The lowest BCUT2D eigenvalue weighted by Crippen LogP contribution is -2.20. The maximum absolute atomic E-state index is 5.93. The molecule has 0 spiro atoms. The van der Waals surface area contributed by atoms with E-state index in [-0.39, 0.29) is 18.5 Å². The summed E-state index contributed by atoms with van der Waals surface area (Å²) in [5, 5.41) is 0. The third-order valence-electron chi connectivity index (χ3n) is 4.27. The van der Waals surface area contributed by atoms with Crippen molar-refractivity contribution in [3.63, 3.8) is 0 Å². The van der Waals surface area contributed by atoms with E-state index in [4.69, 9.17) is 18.9 Å². The lowest BCUT2D eigenvalue weighted by molar-refractivity contribution is -0.0659. The van der Waals surface area contributed by atoms with Gasteiger partial charge in [0.1, 0.15) is 24.2 Å². The molecule has 3 atom stereocenters. The van der Waals surface area contributed by atoms with Crippen molar-refractivity contribution < 1.29 is 18.9 Å². The Balaban J connectivity index is 1.47. The summed E-state index contributed by atoms with van der Waals surface area (Å²) in [5.74, 6) is 1.67. The molecule has 1 aliphatic rings. The van der Waals surface area contributed by atoms with E-state index in [1.807, 2.05) is 36.4 Å². The molecular formula is C21H26O4. The molecule has 0 aliphatic carbocycles. The van der Waals surface area contributed by atoms with E-state index in [0.717, 1.165) is 23.5 Å². The molecular weight excluding hydrogens is 316 g/mol. The summed E-state index contributed by atoms with van der Waals surface area (Å²) in [5.41, 5.74) is 2.27. The van der Waals surface area contributed by atoms with Crippen LogP contribution >= 0.6 is 0 Å². The van der Waals surface area contributed by atoms with Crippen molar-refractivity contribution in [1.29, 1.82) is 0 Å². The molecule has 2 aromatic carbocycles. The minimum absolute atomic E-state index is 0.0673. The van der Waals surface area contributed by atoms with Crippen LogP contribution in [0.1, 0.15) is 37.7 Å². The summed E-state index contributed by atoms with van der Waals surface area (Å²) in [6, 6.07) is 15.9. The van der Waals surface area contributed by atoms with Gasteiger partial charge in [-0.3, -0.25) is 0 Å². The van der Waals surface area contributed by atoms with Gasteiger partial charge in [-0.25, -0.2) is 0 Å². The summed E-state index contributed by atoms with van der Waals surface area (Å²) in [6.07, 6.45) is 0.830. The zero-order valence-electron chi connectivity index (χ0n) is 15.1. The van der Waals surface area contributed by atoms with Crippen LogP contribution in [-0.4, -0.2) is 25.4 Å². The van der Waals surface area contributed by atoms with Gasteiger partial charge in [-0.05, 0) is 44.5 Å². The lowest BCUT2D eigenvalue weighted by atomic mass is 10.1. The number of hydrogen-bond donors (Lipinski definition) is 0. The van der Waals surface area contributed by atoms with Crippen LogP contribution in [0.25, 0.3) is 0 Å². The molecule has 0 bridgehead atoms. The molecule has 4 heteroatoms. The van der Waals surface area contributed by atoms with E-state index in [2.05, 4.69) is 32.9 Å². The predicted octanol–water partition coefficient (Wildman–Crippen LogP) is 4.67. The van der Waals surface area contributed by atoms with Gasteiger partial charge >= 0.3 is 0 Å². The maximum atomic E-state index is 5.93. The van der Waals surface area contributed by atoms with E-state index in [9.17, 15) is 0 Å². The molecule has 1 heterocycles. The predicted molar refractivity (Wildman–Crippen MR) is 97.1 cm³/mol. The van der Waals surface area contributed by atoms with Crippen molar-refractivity contribution in [3.05, 3.63) is 59.7 Å². The molecule has 25 heavy (non-hydrogen) atoms. The summed E-state index contributed by atoms with van der Waals surface area (Å²) in [7, 11) is 0. The Morgan fingerprint density at radius 3 is 2.40 bits per heavy atom. The minimum atomic E-state index is -0.305. The highest BCUT2D eigenvalue weighted by Crippen LogP contribution is 2.28. The molecule has 1 fully saturated rings.